The van der Waals surface area contributed by atoms with Crippen LogP contribution in [0.3, 0.4) is 0 Å². The van der Waals surface area contributed by atoms with Crippen molar-refractivity contribution >= 4 is 35.0 Å². The van der Waals surface area contributed by atoms with Gasteiger partial charge in [0.1, 0.15) is 5.88 Å². The van der Waals surface area contributed by atoms with Crippen LogP contribution >= 0.6 is 11.6 Å². The maximum absolute atomic E-state index is 11.4. The minimum atomic E-state index is -0.540. The molecule has 3 amide bonds. The van der Waals surface area contributed by atoms with Gasteiger partial charge in [-0.05, 0) is 24.3 Å². The molecule has 0 saturated heterocycles. The van der Waals surface area contributed by atoms with Gasteiger partial charge in [-0.1, -0.05) is 0 Å². The predicted octanol–water partition coefficient (Wildman–Crippen LogP) is 0.0790. The van der Waals surface area contributed by atoms with E-state index in [9.17, 15) is 14.4 Å². The molecular formula is C11H12ClN3O3. The van der Waals surface area contributed by atoms with E-state index in [0.717, 1.165) is 0 Å². The topological polar surface area (TPSA) is 101 Å². The summed E-state index contributed by atoms with van der Waals surface area (Å²) in [7, 11) is 0. The van der Waals surface area contributed by atoms with Crippen molar-refractivity contribution in [3.8, 4) is 0 Å². The van der Waals surface area contributed by atoms with E-state index in [0.29, 0.717) is 11.3 Å². The third-order valence-corrected chi connectivity index (χ3v) is 2.26. The first-order chi connectivity index (χ1) is 8.52. The maximum atomic E-state index is 11.4. The lowest BCUT2D eigenvalue weighted by molar-refractivity contribution is -0.122. The normalized spacial score (nSPS) is 9.61. The Morgan fingerprint density at radius 2 is 1.72 bits per heavy atom. The largest absolute Gasteiger partial charge is 0.366 e. The number of benzene rings is 1. The lowest BCUT2D eigenvalue weighted by Crippen LogP contribution is -2.33. The summed E-state index contributed by atoms with van der Waals surface area (Å²) < 4.78 is 0. The third-order valence-electron chi connectivity index (χ3n) is 2.02. The Kier molecular flexibility index (Phi) is 5.13. The summed E-state index contributed by atoms with van der Waals surface area (Å²) in [6.07, 6.45) is 0. The Balaban J connectivity index is 2.49. The van der Waals surface area contributed by atoms with Gasteiger partial charge in [-0.25, -0.2) is 0 Å². The molecule has 1 rings (SSSR count). The molecular weight excluding hydrogens is 258 g/mol. The fraction of sp³-hybridized carbons (Fsp3) is 0.182. The lowest BCUT2D eigenvalue weighted by atomic mass is 10.2. The Hall–Kier alpha value is -2.08. The van der Waals surface area contributed by atoms with Crippen LogP contribution in [-0.2, 0) is 9.59 Å². The predicted molar refractivity (Wildman–Crippen MR) is 67.3 cm³/mol. The molecule has 0 heterocycles. The van der Waals surface area contributed by atoms with Gasteiger partial charge in [-0.15, -0.1) is 11.6 Å². The van der Waals surface area contributed by atoms with E-state index in [-0.39, 0.29) is 18.3 Å². The average Bonchev–Trinajstić information content (AvgIpc) is 2.36. The van der Waals surface area contributed by atoms with Crippen molar-refractivity contribution in [2.45, 2.75) is 0 Å². The highest BCUT2D eigenvalue weighted by molar-refractivity contribution is 6.27. The monoisotopic (exact) mass is 269 g/mol. The van der Waals surface area contributed by atoms with E-state index in [1.807, 2.05) is 0 Å². The number of carbonyl (C=O) groups excluding carboxylic acids is 3. The van der Waals surface area contributed by atoms with E-state index in [2.05, 4.69) is 10.6 Å². The fourth-order valence-corrected chi connectivity index (χ4v) is 1.24. The van der Waals surface area contributed by atoms with Crippen LogP contribution in [0.25, 0.3) is 0 Å². The van der Waals surface area contributed by atoms with E-state index in [1.54, 1.807) is 12.1 Å². The summed E-state index contributed by atoms with van der Waals surface area (Å²) in [6.45, 7) is -0.164. The summed E-state index contributed by atoms with van der Waals surface area (Å²) in [5.74, 6) is -1.54. The molecule has 7 heteroatoms. The molecule has 0 aliphatic carbocycles. The first-order valence-electron chi connectivity index (χ1n) is 5.05. The molecule has 18 heavy (non-hydrogen) atoms. The fourth-order valence-electron chi connectivity index (χ4n) is 1.15. The Morgan fingerprint density at radius 1 is 1.11 bits per heavy atom. The van der Waals surface area contributed by atoms with Gasteiger partial charge in [0.15, 0.2) is 0 Å². The standard InChI is InChI=1S/C11H12ClN3O3/c12-5-9(16)14-6-10(17)15-8-3-1-7(2-4-8)11(13)18/h1-4H,5-6H2,(H2,13,18)(H,14,16)(H,15,17). The van der Waals surface area contributed by atoms with Crippen molar-refractivity contribution in [1.82, 2.24) is 5.32 Å². The lowest BCUT2D eigenvalue weighted by Gasteiger charge is -2.06. The van der Waals surface area contributed by atoms with Crippen molar-refractivity contribution in [1.29, 1.82) is 0 Å². The van der Waals surface area contributed by atoms with Crippen LogP contribution in [0.4, 0.5) is 5.69 Å². The number of anilines is 1. The second kappa shape index (κ2) is 6.61. The van der Waals surface area contributed by atoms with E-state index >= 15 is 0 Å². The second-order valence-electron chi connectivity index (χ2n) is 3.40. The van der Waals surface area contributed by atoms with Crippen LogP contribution in [0.15, 0.2) is 24.3 Å². The molecule has 0 aromatic heterocycles. The highest BCUT2D eigenvalue weighted by Crippen LogP contribution is 2.08. The number of rotatable bonds is 5. The summed E-state index contributed by atoms with van der Waals surface area (Å²) >= 11 is 5.26. The van der Waals surface area contributed by atoms with Crippen LogP contribution in [0.5, 0.6) is 0 Å². The number of primary amides is 1. The van der Waals surface area contributed by atoms with E-state index in [4.69, 9.17) is 17.3 Å². The second-order valence-corrected chi connectivity index (χ2v) is 3.67. The first kappa shape index (κ1) is 14.0. The van der Waals surface area contributed by atoms with E-state index in [1.165, 1.54) is 12.1 Å². The molecule has 4 N–H and O–H groups in total. The van der Waals surface area contributed by atoms with Crippen molar-refractivity contribution in [3.63, 3.8) is 0 Å². The summed E-state index contributed by atoms with van der Waals surface area (Å²) in [5.41, 5.74) is 5.93. The Morgan fingerprint density at radius 3 is 2.22 bits per heavy atom. The summed E-state index contributed by atoms with van der Waals surface area (Å²) in [6, 6.07) is 6.08. The molecule has 0 saturated carbocycles. The summed E-state index contributed by atoms with van der Waals surface area (Å²) in [4.78, 5) is 33.0. The minimum Gasteiger partial charge on any atom is -0.366 e. The Bertz CT molecular complexity index is 459. The molecule has 0 bridgehead atoms. The molecule has 0 unspecified atom stereocenters. The molecule has 96 valence electrons. The zero-order valence-corrected chi connectivity index (χ0v) is 10.2. The van der Waals surface area contributed by atoms with Crippen LogP contribution in [-0.4, -0.2) is 30.1 Å². The van der Waals surface area contributed by atoms with Gasteiger partial charge in [0.05, 0.1) is 6.54 Å². The number of hydrogen-bond acceptors (Lipinski definition) is 3. The zero-order chi connectivity index (χ0) is 13.5. The van der Waals surface area contributed by atoms with E-state index < -0.39 is 11.8 Å². The van der Waals surface area contributed by atoms with Gasteiger partial charge in [-0.3, -0.25) is 14.4 Å². The van der Waals surface area contributed by atoms with Gasteiger partial charge in [0.2, 0.25) is 17.7 Å². The smallest absolute Gasteiger partial charge is 0.248 e. The van der Waals surface area contributed by atoms with Crippen LogP contribution in [0.1, 0.15) is 10.4 Å². The first-order valence-corrected chi connectivity index (χ1v) is 5.58. The number of nitrogens with one attached hydrogen (secondary N) is 2. The number of alkyl halides is 1. The molecule has 1 aromatic carbocycles. The number of carbonyl (C=O) groups is 3. The van der Waals surface area contributed by atoms with Crippen molar-refractivity contribution in [3.05, 3.63) is 29.8 Å². The average molecular weight is 270 g/mol. The van der Waals surface area contributed by atoms with Gasteiger partial charge in [0, 0.05) is 11.3 Å². The number of amides is 3. The molecule has 0 atom stereocenters. The van der Waals surface area contributed by atoms with Crippen LogP contribution < -0.4 is 16.4 Å². The molecule has 0 fully saturated rings. The van der Waals surface area contributed by atoms with Crippen LogP contribution in [0.2, 0.25) is 0 Å². The zero-order valence-electron chi connectivity index (χ0n) is 9.40. The number of hydrogen-bond donors (Lipinski definition) is 3. The molecule has 1 aromatic rings. The number of halogens is 1. The molecule has 0 aliphatic heterocycles. The maximum Gasteiger partial charge on any atom is 0.248 e. The quantitative estimate of drug-likeness (QED) is 0.660. The summed E-state index contributed by atoms with van der Waals surface area (Å²) in [5, 5.41) is 4.86. The van der Waals surface area contributed by atoms with Gasteiger partial charge in [0.25, 0.3) is 0 Å². The third kappa shape index (κ3) is 4.42. The van der Waals surface area contributed by atoms with Crippen LogP contribution in [0, 0.1) is 0 Å². The minimum absolute atomic E-state index is 0.164. The van der Waals surface area contributed by atoms with Gasteiger partial charge in [-0.2, -0.15) is 0 Å². The molecule has 6 nitrogen and oxygen atoms in total. The Labute approximate surface area is 108 Å². The molecule has 0 radical (unpaired) electrons. The molecule has 0 aliphatic rings. The number of nitrogens with two attached hydrogens (primary N) is 1. The van der Waals surface area contributed by atoms with Crippen molar-refractivity contribution < 1.29 is 14.4 Å². The molecule has 0 spiro atoms. The van der Waals surface area contributed by atoms with Gasteiger partial charge >= 0.3 is 0 Å². The van der Waals surface area contributed by atoms with Crippen molar-refractivity contribution in [2.75, 3.05) is 17.7 Å². The van der Waals surface area contributed by atoms with Gasteiger partial charge < -0.3 is 16.4 Å². The highest BCUT2D eigenvalue weighted by atomic mass is 35.5. The SMILES string of the molecule is NC(=O)c1ccc(NC(=O)CNC(=O)CCl)cc1. The van der Waals surface area contributed by atoms with Crippen molar-refractivity contribution in [2.24, 2.45) is 5.73 Å². The highest BCUT2D eigenvalue weighted by Gasteiger charge is 2.05.